The lowest BCUT2D eigenvalue weighted by Gasteiger charge is -2.22. The van der Waals surface area contributed by atoms with Crippen molar-refractivity contribution in [1.82, 2.24) is 4.90 Å². The largest absolute Gasteiger partial charge is 0.392 e. The molecule has 0 bridgehead atoms. The molecule has 1 heterocycles. The molecule has 0 radical (unpaired) electrons. The van der Waals surface area contributed by atoms with Crippen molar-refractivity contribution in [2.24, 2.45) is 0 Å². The highest BCUT2D eigenvalue weighted by Gasteiger charge is 2.29. The highest BCUT2D eigenvalue weighted by Crippen LogP contribution is 2.21. The normalized spacial score (nSPS) is 29.8. The van der Waals surface area contributed by atoms with Crippen molar-refractivity contribution in [3.8, 4) is 0 Å². The summed E-state index contributed by atoms with van der Waals surface area (Å²) in [6.45, 7) is 4.75. The van der Waals surface area contributed by atoms with E-state index in [0.717, 1.165) is 26.1 Å². The van der Waals surface area contributed by atoms with Crippen molar-refractivity contribution in [1.29, 1.82) is 0 Å². The van der Waals surface area contributed by atoms with Gasteiger partial charge in [0.25, 0.3) is 0 Å². The fourth-order valence-electron chi connectivity index (χ4n) is 2.07. The first-order valence-corrected chi connectivity index (χ1v) is 5.19. The van der Waals surface area contributed by atoms with Crippen LogP contribution in [0.2, 0.25) is 0 Å². The Labute approximate surface area is 80.7 Å². The molecule has 1 aliphatic rings. The molecule has 0 unspecified atom stereocenters. The van der Waals surface area contributed by atoms with Crippen LogP contribution in [0.1, 0.15) is 26.2 Å². The third-order valence-electron chi connectivity index (χ3n) is 2.71. The second-order valence-corrected chi connectivity index (χ2v) is 3.82. The lowest BCUT2D eigenvalue weighted by Crippen LogP contribution is -2.32. The van der Waals surface area contributed by atoms with Crippen LogP contribution in [-0.2, 0) is 4.74 Å². The first kappa shape index (κ1) is 11.0. The third-order valence-corrected chi connectivity index (χ3v) is 2.71. The predicted octanol–water partition coefficient (Wildman–Crippen LogP) is 0.868. The molecule has 3 heteroatoms. The summed E-state index contributed by atoms with van der Waals surface area (Å²) in [6, 6.07) is 0.579. The van der Waals surface area contributed by atoms with Crippen LogP contribution >= 0.6 is 0 Å². The first-order chi connectivity index (χ1) is 6.27. The van der Waals surface area contributed by atoms with E-state index in [4.69, 9.17) is 4.74 Å². The molecule has 0 aromatic carbocycles. The number of β-amino-alcohol motifs (C(OH)–C–C–N with tert-alkyl or cyclic N) is 1. The van der Waals surface area contributed by atoms with E-state index in [2.05, 4.69) is 11.8 Å². The van der Waals surface area contributed by atoms with Gasteiger partial charge in [-0.25, -0.2) is 0 Å². The minimum absolute atomic E-state index is 0.117. The Balaban J connectivity index is 2.31. The molecule has 1 aliphatic heterocycles. The van der Waals surface area contributed by atoms with Gasteiger partial charge in [0.15, 0.2) is 0 Å². The van der Waals surface area contributed by atoms with Gasteiger partial charge in [-0.3, -0.25) is 4.90 Å². The molecule has 0 aromatic rings. The SMILES string of the molecule is CCC[C@H]1C[C@H](O)CN1CCOC. The maximum Gasteiger partial charge on any atom is 0.0682 e. The van der Waals surface area contributed by atoms with Crippen LogP contribution in [0.3, 0.4) is 0 Å². The Kier molecular flexibility index (Phi) is 4.70. The van der Waals surface area contributed by atoms with E-state index in [9.17, 15) is 5.11 Å². The number of hydrogen-bond donors (Lipinski definition) is 1. The topological polar surface area (TPSA) is 32.7 Å². The van der Waals surface area contributed by atoms with E-state index in [0.29, 0.717) is 6.04 Å². The van der Waals surface area contributed by atoms with Crippen LogP contribution < -0.4 is 0 Å². The summed E-state index contributed by atoms with van der Waals surface area (Å²) in [5.41, 5.74) is 0. The molecule has 1 N–H and O–H groups in total. The van der Waals surface area contributed by atoms with E-state index >= 15 is 0 Å². The third kappa shape index (κ3) is 3.25. The van der Waals surface area contributed by atoms with Crippen molar-refractivity contribution < 1.29 is 9.84 Å². The summed E-state index contributed by atoms with van der Waals surface area (Å²) in [7, 11) is 1.72. The minimum atomic E-state index is -0.117. The summed E-state index contributed by atoms with van der Waals surface area (Å²) in [4.78, 5) is 2.34. The minimum Gasteiger partial charge on any atom is -0.392 e. The molecule has 0 spiro atoms. The number of aliphatic hydroxyl groups excluding tert-OH is 1. The van der Waals surface area contributed by atoms with Crippen LogP contribution in [0.4, 0.5) is 0 Å². The van der Waals surface area contributed by atoms with E-state index in [1.807, 2.05) is 0 Å². The zero-order valence-corrected chi connectivity index (χ0v) is 8.70. The zero-order valence-electron chi connectivity index (χ0n) is 8.70. The van der Waals surface area contributed by atoms with Gasteiger partial charge in [0.05, 0.1) is 12.7 Å². The summed E-state index contributed by atoms with van der Waals surface area (Å²) in [5, 5.41) is 9.51. The Morgan fingerprint density at radius 1 is 1.54 bits per heavy atom. The number of methoxy groups -OCH3 is 1. The van der Waals surface area contributed by atoms with Gasteiger partial charge in [0.2, 0.25) is 0 Å². The van der Waals surface area contributed by atoms with E-state index in [1.54, 1.807) is 7.11 Å². The van der Waals surface area contributed by atoms with Gasteiger partial charge in [-0.15, -0.1) is 0 Å². The number of ether oxygens (including phenoxy) is 1. The quantitative estimate of drug-likeness (QED) is 0.693. The first-order valence-electron chi connectivity index (χ1n) is 5.19. The number of nitrogens with zero attached hydrogens (tertiary/aromatic N) is 1. The van der Waals surface area contributed by atoms with E-state index in [-0.39, 0.29) is 6.10 Å². The zero-order chi connectivity index (χ0) is 9.68. The second-order valence-electron chi connectivity index (χ2n) is 3.82. The average Bonchev–Trinajstić information content (AvgIpc) is 2.44. The summed E-state index contributed by atoms with van der Waals surface area (Å²) in [6.07, 6.45) is 3.22. The molecule has 3 nitrogen and oxygen atoms in total. The van der Waals surface area contributed by atoms with Gasteiger partial charge in [0, 0.05) is 26.2 Å². The van der Waals surface area contributed by atoms with Gasteiger partial charge in [-0.2, -0.15) is 0 Å². The van der Waals surface area contributed by atoms with E-state index in [1.165, 1.54) is 12.8 Å². The molecule has 0 aromatic heterocycles. The van der Waals surface area contributed by atoms with Crippen LogP contribution in [0.15, 0.2) is 0 Å². The highest BCUT2D eigenvalue weighted by atomic mass is 16.5. The molecule has 1 saturated heterocycles. The fourth-order valence-corrected chi connectivity index (χ4v) is 2.07. The molecule has 1 fully saturated rings. The standard InChI is InChI=1S/C10H21NO2/c1-3-4-9-7-10(12)8-11(9)5-6-13-2/h9-10,12H,3-8H2,1-2H3/t9-,10-/m0/s1. The Bertz CT molecular complexity index is 141. The van der Waals surface area contributed by atoms with E-state index < -0.39 is 0 Å². The summed E-state index contributed by atoms with van der Waals surface area (Å²) in [5.74, 6) is 0. The molecular weight excluding hydrogens is 166 g/mol. The smallest absolute Gasteiger partial charge is 0.0682 e. The van der Waals surface area contributed by atoms with Crippen molar-refractivity contribution in [3.05, 3.63) is 0 Å². The molecular formula is C10H21NO2. The molecule has 0 aliphatic carbocycles. The van der Waals surface area contributed by atoms with Gasteiger partial charge in [0.1, 0.15) is 0 Å². The van der Waals surface area contributed by atoms with Crippen molar-refractivity contribution in [3.63, 3.8) is 0 Å². The van der Waals surface area contributed by atoms with Crippen LogP contribution in [-0.4, -0.2) is 49.0 Å². The molecule has 2 atom stereocenters. The highest BCUT2D eigenvalue weighted by molar-refractivity contribution is 4.84. The van der Waals surface area contributed by atoms with Gasteiger partial charge in [-0.1, -0.05) is 13.3 Å². The van der Waals surface area contributed by atoms with Gasteiger partial charge >= 0.3 is 0 Å². The van der Waals surface area contributed by atoms with Crippen LogP contribution in [0.5, 0.6) is 0 Å². The van der Waals surface area contributed by atoms with Crippen LogP contribution in [0.25, 0.3) is 0 Å². The Hall–Kier alpha value is -0.120. The maximum absolute atomic E-state index is 9.51. The second kappa shape index (κ2) is 5.58. The molecule has 78 valence electrons. The van der Waals surface area contributed by atoms with Gasteiger partial charge < -0.3 is 9.84 Å². The van der Waals surface area contributed by atoms with Crippen LogP contribution in [0, 0.1) is 0 Å². The summed E-state index contributed by atoms with van der Waals surface area (Å²) < 4.78 is 5.04. The maximum atomic E-state index is 9.51. The molecule has 0 amide bonds. The number of rotatable bonds is 5. The van der Waals surface area contributed by atoms with Gasteiger partial charge in [-0.05, 0) is 12.8 Å². The number of aliphatic hydroxyl groups is 1. The lowest BCUT2D eigenvalue weighted by atomic mass is 10.1. The Morgan fingerprint density at radius 2 is 2.31 bits per heavy atom. The summed E-state index contributed by atoms with van der Waals surface area (Å²) >= 11 is 0. The van der Waals surface area contributed by atoms with Crippen molar-refractivity contribution in [2.45, 2.75) is 38.3 Å². The number of hydrogen-bond acceptors (Lipinski definition) is 3. The molecule has 1 rings (SSSR count). The lowest BCUT2D eigenvalue weighted by molar-refractivity contribution is 0.128. The monoisotopic (exact) mass is 187 g/mol. The Morgan fingerprint density at radius 3 is 2.92 bits per heavy atom. The van der Waals surface area contributed by atoms with Crippen molar-refractivity contribution >= 4 is 0 Å². The molecule has 0 saturated carbocycles. The molecule has 13 heavy (non-hydrogen) atoms. The predicted molar refractivity (Wildman–Crippen MR) is 52.8 cm³/mol. The fraction of sp³-hybridized carbons (Fsp3) is 1.00. The number of likely N-dealkylation sites (tertiary alicyclic amines) is 1. The average molecular weight is 187 g/mol. The van der Waals surface area contributed by atoms with Crippen molar-refractivity contribution in [2.75, 3.05) is 26.8 Å².